The molecule has 0 fully saturated rings. The van der Waals surface area contributed by atoms with Crippen molar-refractivity contribution in [2.45, 2.75) is 26.2 Å². The highest BCUT2D eigenvalue weighted by atomic mass is 16.5. The average molecular weight is 234 g/mol. The van der Waals surface area contributed by atoms with Crippen LogP contribution in [0.4, 0.5) is 0 Å². The predicted octanol–water partition coefficient (Wildman–Crippen LogP) is 2.43. The zero-order valence-corrected chi connectivity index (χ0v) is 10.4. The molecular formula is C14H18O3. The fraction of sp³-hybridized carbons (Fsp3) is 0.429. The van der Waals surface area contributed by atoms with Crippen LogP contribution in [0.1, 0.15) is 35.7 Å². The smallest absolute Gasteiger partial charge is 0.170 e. The van der Waals surface area contributed by atoms with Crippen LogP contribution in [-0.2, 0) is 16.0 Å². The molecule has 0 spiro atoms. The highest BCUT2D eigenvalue weighted by molar-refractivity contribution is 6.07. The number of hydrogen-bond donors (Lipinski definition) is 0. The maximum absolute atomic E-state index is 11.8. The first-order valence-electron chi connectivity index (χ1n) is 5.80. The molecule has 0 atom stereocenters. The van der Waals surface area contributed by atoms with Gasteiger partial charge in [0, 0.05) is 19.1 Å². The lowest BCUT2D eigenvalue weighted by Crippen LogP contribution is -2.10. The lowest BCUT2D eigenvalue weighted by atomic mass is 10.0. The molecule has 1 aromatic carbocycles. The SMILES string of the molecule is CCc1ccc(C(=O)CC(=O)CCOC)cc1. The molecule has 0 aliphatic carbocycles. The maximum Gasteiger partial charge on any atom is 0.170 e. The second kappa shape index (κ2) is 6.97. The van der Waals surface area contributed by atoms with Crippen molar-refractivity contribution < 1.29 is 14.3 Å². The van der Waals surface area contributed by atoms with E-state index in [1.54, 1.807) is 19.2 Å². The number of aryl methyl sites for hydroxylation is 1. The van der Waals surface area contributed by atoms with Crippen molar-refractivity contribution in [3.63, 3.8) is 0 Å². The van der Waals surface area contributed by atoms with Gasteiger partial charge in [-0.3, -0.25) is 9.59 Å². The fourth-order valence-corrected chi connectivity index (χ4v) is 1.51. The maximum atomic E-state index is 11.8. The van der Waals surface area contributed by atoms with E-state index in [2.05, 4.69) is 6.92 Å². The Morgan fingerprint density at radius 1 is 1.18 bits per heavy atom. The van der Waals surface area contributed by atoms with Crippen molar-refractivity contribution in [2.75, 3.05) is 13.7 Å². The second-order valence-electron chi connectivity index (χ2n) is 3.93. The predicted molar refractivity (Wildman–Crippen MR) is 66.3 cm³/mol. The molecule has 0 saturated heterocycles. The summed E-state index contributed by atoms with van der Waals surface area (Å²) in [6.07, 6.45) is 1.21. The highest BCUT2D eigenvalue weighted by Gasteiger charge is 2.11. The Hall–Kier alpha value is -1.48. The van der Waals surface area contributed by atoms with Crippen molar-refractivity contribution >= 4 is 11.6 Å². The summed E-state index contributed by atoms with van der Waals surface area (Å²) in [6.45, 7) is 2.44. The van der Waals surface area contributed by atoms with E-state index in [0.29, 0.717) is 18.6 Å². The number of ketones is 2. The molecule has 0 aromatic heterocycles. The second-order valence-corrected chi connectivity index (χ2v) is 3.93. The van der Waals surface area contributed by atoms with Crippen LogP contribution in [0.2, 0.25) is 0 Å². The van der Waals surface area contributed by atoms with Crippen LogP contribution in [0.5, 0.6) is 0 Å². The van der Waals surface area contributed by atoms with E-state index in [9.17, 15) is 9.59 Å². The Morgan fingerprint density at radius 2 is 1.82 bits per heavy atom. The lowest BCUT2D eigenvalue weighted by Gasteiger charge is -2.02. The standard InChI is InChI=1S/C14H18O3/c1-3-11-4-6-12(7-5-11)14(16)10-13(15)8-9-17-2/h4-7H,3,8-10H2,1-2H3. The number of Topliss-reactive ketones (excluding diaryl/α,β-unsaturated/α-hetero) is 2. The Labute approximate surface area is 102 Å². The van der Waals surface area contributed by atoms with Gasteiger partial charge >= 0.3 is 0 Å². The zero-order valence-electron chi connectivity index (χ0n) is 10.4. The molecule has 0 radical (unpaired) electrons. The van der Waals surface area contributed by atoms with Gasteiger partial charge < -0.3 is 4.74 Å². The van der Waals surface area contributed by atoms with E-state index in [-0.39, 0.29) is 18.0 Å². The molecule has 92 valence electrons. The van der Waals surface area contributed by atoms with Crippen molar-refractivity contribution in [1.82, 2.24) is 0 Å². The van der Waals surface area contributed by atoms with E-state index in [1.165, 1.54) is 5.56 Å². The topological polar surface area (TPSA) is 43.4 Å². The van der Waals surface area contributed by atoms with Crippen LogP contribution in [0.25, 0.3) is 0 Å². The van der Waals surface area contributed by atoms with Crippen LogP contribution < -0.4 is 0 Å². The van der Waals surface area contributed by atoms with Gasteiger partial charge in [-0.2, -0.15) is 0 Å². The number of carbonyl (C=O) groups excluding carboxylic acids is 2. The quantitative estimate of drug-likeness (QED) is 0.537. The summed E-state index contributed by atoms with van der Waals surface area (Å²) in [6, 6.07) is 7.41. The summed E-state index contributed by atoms with van der Waals surface area (Å²) >= 11 is 0. The summed E-state index contributed by atoms with van der Waals surface area (Å²) in [4.78, 5) is 23.2. The summed E-state index contributed by atoms with van der Waals surface area (Å²) in [5.41, 5.74) is 1.79. The van der Waals surface area contributed by atoms with Crippen molar-refractivity contribution in [3.05, 3.63) is 35.4 Å². The minimum atomic E-state index is -0.117. The third kappa shape index (κ3) is 4.49. The van der Waals surface area contributed by atoms with Gasteiger partial charge in [-0.25, -0.2) is 0 Å². The molecule has 1 aromatic rings. The molecule has 0 unspecified atom stereocenters. The minimum Gasteiger partial charge on any atom is -0.384 e. The van der Waals surface area contributed by atoms with Gasteiger partial charge in [0.25, 0.3) is 0 Å². The number of hydrogen-bond acceptors (Lipinski definition) is 3. The lowest BCUT2D eigenvalue weighted by molar-refractivity contribution is -0.119. The van der Waals surface area contributed by atoms with Gasteiger partial charge in [-0.1, -0.05) is 31.2 Å². The van der Waals surface area contributed by atoms with E-state index in [0.717, 1.165) is 6.42 Å². The number of carbonyl (C=O) groups is 2. The average Bonchev–Trinajstić information content (AvgIpc) is 2.36. The summed E-state index contributed by atoms with van der Waals surface area (Å²) in [5, 5.41) is 0. The number of benzene rings is 1. The molecular weight excluding hydrogens is 216 g/mol. The van der Waals surface area contributed by atoms with Crippen molar-refractivity contribution in [1.29, 1.82) is 0 Å². The van der Waals surface area contributed by atoms with Crippen LogP contribution in [0.3, 0.4) is 0 Å². The molecule has 0 aliphatic heterocycles. The first-order valence-corrected chi connectivity index (χ1v) is 5.80. The van der Waals surface area contributed by atoms with E-state index in [4.69, 9.17) is 4.74 Å². The first kappa shape index (κ1) is 13.6. The van der Waals surface area contributed by atoms with Gasteiger partial charge in [0.15, 0.2) is 5.78 Å². The van der Waals surface area contributed by atoms with Gasteiger partial charge in [0.1, 0.15) is 5.78 Å². The first-order chi connectivity index (χ1) is 8.17. The third-order valence-electron chi connectivity index (χ3n) is 2.63. The van der Waals surface area contributed by atoms with Gasteiger partial charge in [0.05, 0.1) is 13.0 Å². The number of ether oxygens (including phenoxy) is 1. The van der Waals surface area contributed by atoms with Gasteiger partial charge in [-0.15, -0.1) is 0 Å². The Balaban J connectivity index is 2.54. The van der Waals surface area contributed by atoms with Gasteiger partial charge in [-0.05, 0) is 12.0 Å². The normalized spacial score (nSPS) is 10.2. The van der Waals surface area contributed by atoms with E-state index in [1.807, 2.05) is 12.1 Å². The minimum absolute atomic E-state index is 0.0329. The van der Waals surface area contributed by atoms with Crippen LogP contribution >= 0.6 is 0 Å². The summed E-state index contributed by atoms with van der Waals surface area (Å²) in [7, 11) is 1.54. The molecule has 0 bridgehead atoms. The molecule has 0 N–H and O–H groups in total. The zero-order chi connectivity index (χ0) is 12.7. The molecule has 1 rings (SSSR count). The van der Waals surface area contributed by atoms with Crippen LogP contribution in [0.15, 0.2) is 24.3 Å². The Morgan fingerprint density at radius 3 is 2.35 bits per heavy atom. The van der Waals surface area contributed by atoms with E-state index < -0.39 is 0 Å². The Bertz CT molecular complexity index is 379. The molecule has 3 nitrogen and oxygen atoms in total. The number of rotatable bonds is 7. The largest absolute Gasteiger partial charge is 0.384 e. The Kier molecular flexibility index (Phi) is 5.57. The van der Waals surface area contributed by atoms with Crippen LogP contribution in [0, 0.1) is 0 Å². The van der Waals surface area contributed by atoms with Crippen molar-refractivity contribution in [2.24, 2.45) is 0 Å². The summed E-state index contributed by atoms with van der Waals surface area (Å²) < 4.78 is 4.80. The van der Waals surface area contributed by atoms with E-state index >= 15 is 0 Å². The number of methoxy groups -OCH3 is 1. The molecule has 0 amide bonds. The highest BCUT2D eigenvalue weighted by Crippen LogP contribution is 2.08. The van der Waals surface area contributed by atoms with Crippen molar-refractivity contribution in [3.8, 4) is 0 Å². The fourth-order valence-electron chi connectivity index (χ4n) is 1.51. The molecule has 0 aliphatic rings. The molecule has 17 heavy (non-hydrogen) atoms. The molecule has 0 saturated carbocycles. The summed E-state index contributed by atoms with van der Waals surface area (Å²) in [5.74, 6) is -0.190. The van der Waals surface area contributed by atoms with Crippen LogP contribution in [-0.4, -0.2) is 25.3 Å². The molecule has 0 heterocycles. The third-order valence-corrected chi connectivity index (χ3v) is 2.63. The monoisotopic (exact) mass is 234 g/mol. The van der Waals surface area contributed by atoms with Gasteiger partial charge in [0.2, 0.25) is 0 Å². The molecule has 3 heteroatoms.